The van der Waals surface area contributed by atoms with Crippen molar-refractivity contribution in [2.24, 2.45) is 11.7 Å². The molecule has 2 rings (SSSR count). The first-order valence-corrected chi connectivity index (χ1v) is 7.77. The first-order chi connectivity index (χ1) is 9.56. The minimum atomic E-state index is -0.00988. The lowest BCUT2D eigenvalue weighted by Gasteiger charge is -2.12. The summed E-state index contributed by atoms with van der Waals surface area (Å²) in [5.74, 6) is 1.36. The Labute approximate surface area is 140 Å². The molecule has 1 aromatic rings. The highest BCUT2D eigenvalue weighted by Gasteiger charge is 2.28. The van der Waals surface area contributed by atoms with Crippen LogP contribution in [0.15, 0.2) is 22.7 Å². The van der Waals surface area contributed by atoms with Gasteiger partial charge in [0, 0.05) is 12.6 Å². The molecule has 1 aromatic carbocycles. The fourth-order valence-electron chi connectivity index (χ4n) is 1.99. The van der Waals surface area contributed by atoms with Gasteiger partial charge in [-0.05, 0) is 59.3 Å². The average molecular weight is 378 g/mol. The van der Waals surface area contributed by atoms with Crippen molar-refractivity contribution in [2.75, 3.05) is 13.2 Å². The van der Waals surface area contributed by atoms with Gasteiger partial charge in [0.25, 0.3) is 0 Å². The summed E-state index contributed by atoms with van der Waals surface area (Å²) in [5.41, 5.74) is 7.09. The van der Waals surface area contributed by atoms with Crippen LogP contribution in [0, 0.1) is 12.8 Å². The Morgan fingerprint density at radius 1 is 1.52 bits per heavy atom. The van der Waals surface area contributed by atoms with E-state index in [0.717, 1.165) is 15.8 Å². The minimum Gasteiger partial charge on any atom is -0.492 e. The molecule has 3 N–H and O–H groups in total. The number of aryl methyl sites for hydroxylation is 1. The summed E-state index contributed by atoms with van der Waals surface area (Å²) in [6.07, 6.45) is 2.74. The highest BCUT2D eigenvalue weighted by molar-refractivity contribution is 9.10. The third-order valence-corrected chi connectivity index (χ3v) is 4.06. The number of hydrogen-bond donors (Lipinski definition) is 2. The summed E-state index contributed by atoms with van der Waals surface area (Å²) in [4.78, 5) is 11.7. The van der Waals surface area contributed by atoms with E-state index in [1.54, 1.807) is 0 Å². The molecule has 0 radical (unpaired) electrons. The molecular weight excluding hydrogens is 356 g/mol. The molecule has 1 unspecified atom stereocenters. The Morgan fingerprint density at radius 2 is 2.24 bits per heavy atom. The van der Waals surface area contributed by atoms with Crippen molar-refractivity contribution in [3.63, 3.8) is 0 Å². The van der Waals surface area contributed by atoms with Gasteiger partial charge in [-0.1, -0.05) is 6.07 Å². The van der Waals surface area contributed by atoms with Gasteiger partial charge in [0.05, 0.1) is 17.5 Å². The first-order valence-electron chi connectivity index (χ1n) is 6.97. The second-order valence-corrected chi connectivity index (χ2v) is 6.19. The number of carbonyl (C=O) groups is 1. The maximum absolute atomic E-state index is 11.7. The van der Waals surface area contributed by atoms with Gasteiger partial charge in [-0.25, -0.2) is 0 Å². The van der Waals surface area contributed by atoms with Crippen LogP contribution in [0.2, 0.25) is 0 Å². The smallest absolute Gasteiger partial charge is 0.223 e. The van der Waals surface area contributed by atoms with Gasteiger partial charge in [0.1, 0.15) is 5.75 Å². The van der Waals surface area contributed by atoms with E-state index in [4.69, 9.17) is 10.5 Å². The van der Waals surface area contributed by atoms with E-state index < -0.39 is 0 Å². The van der Waals surface area contributed by atoms with E-state index in [1.165, 1.54) is 12.8 Å². The molecule has 1 aliphatic rings. The topological polar surface area (TPSA) is 64.3 Å². The quantitative estimate of drug-likeness (QED) is 0.768. The van der Waals surface area contributed by atoms with E-state index in [2.05, 4.69) is 21.2 Å². The second kappa shape index (κ2) is 8.61. The van der Waals surface area contributed by atoms with E-state index in [0.29, 0.717) is 25.5 Å². The number of carbonyl (C=O) groups excluding carboxylic acids is 1. The molecule has 1 atom stereocenters. The molecule has 0 bridgehead atoms. The van der Waals surface area contributed by atoms with Crippen LogP contribution in [0.25, 0.3) is 0 Å². The van der Waals surface area contributed by atoms with Crippen LogP contribution in [-0.4, -0.2) is 25.1 Å². The average Bonchev–Trinajstić information content (AvgIpc) is 3.23. The summed E-state index contributed by atoms with van der Waals surface area (Å²) in [7, 11) is 0. The van der Waals surface area contributed by atoms with Crippen molar-refractivity contribution in [3.05, 3.63) is 28.2 Å². The Bertz CT molecular complexity index is 481. The predicted molar refractivity (Wildman–Crippen MR) is 89.9 cm³/mol. The molecule has 0 saturated heterocycles. The van der Waals surface area contributed by atoms with E-state index in [1.807, 2.05) is 25.1 Å². The van der Waals surface area contributed by atoms with Gasteiger partial charge in [-0.3, -0.25) is 4.79 Å². The Kier molecular flexibility index (Phi) is 7.49. The van der Waals surface area contributed by atoms with Crippen LogP contribution in [0.3, 0.4) is 0 Å². The van der Waals surface area contributed by atoms with E-state index in [-0.39, 0.29) is 24.4 Å². The van der Waals surface area contributed by atoms with Gasteiger partial charge in [0.2, 0.25) is 5.91 Å². The number of hydrogen-bond acceptors (Lipinski definition) is 3. The number of nitrogens with two attached hydrogens (primary N) is 1. The standard InChI is InChI=1S/C15H21BrN2O2.ClH/c1-10-2-5-14(12(16)8-10)20-7-6-15(19)18-9-13(17)11-3-4-11;/h2,5,8,11,13H,3-4,6-7,9,17H2,1H3,(H,18,19);1H. The highest BCUT2D eigenvalue weighted by atomic mass is 79.9. The van der Waals surface area contributed by atoms with Crippen LogP contribution < -0.4 is 15.8 Å². The largest absolute Gasteiger partial charge is 0.492 e. The zero-order chi connectivity index (χ0) is 14.5. The van der Waals surface area contributed by atoms with Gasteiger partial charge in [-0.15, -0.1) is 12.4 Å². The lowest BCUT2D eigenvalue weighted by atomic mass is 10.2. The Morgan fingerprint density at radius 3 is 2.86 bits per heavy atom. The molecule has 1 amide bonds. The number of ether oxygens (including phenoxy) is 1. The van der Waals surface area contributed by atoms with Gasteiger partial charge in [-0.2, -0.15) is 0 Å². The van der Waals surface area contributed by atoms with Crippen LogP contribution in [-0.2, 0) is 4.79 Å². The van der Waals surface area contributed by atoms with Crippen molar-refractivity contribution >= 4 is 34.2 Å². The predicted octanol–water partition coefficient (Wildman–Crippen LogP) is 2.80. The lowest BCUT2D eigenvalue weighted by Crippen LogP contribution is -2.38. The zero-order valence-corrected chi connectivity index (χ0v) is 14.5. The van der Waals surface area contributed by atoms with Crippen molar-refractivity contribution < 1.29 is 9.53 Å². The van der Waals surface area contributed by atoms with Gasteiger partial charge < -0.3 is 15.8 Å². The minimum absolute atomic E-state index is 0. The van der Waals surface area contributed by atoms with E-state index in [9.17, 15) is 4.79 Å². The molecule has 0 spiro atoms. The molecule has 1 saturated carbocycles. The van der Waals surface area contributed by atoms with Crippen molar-refractivity contribution in [2.45, 2.75) is 32.2 Å². The fraction of sp³-hybridized carbons (Fsp3) is 0.533. The number of rotatable bonds is 7. The molecule has 0 aliphatic heterocycles. The van der Waals surface area contributed by atoms with Crippen LogP contribution >= 0.6 is 28.3 Å². The third kappa shape index (κ3) is 6.24. The number of nitrogens with one attached hydrogen (secondary N) is 1. The SMILES string of the molecule is Cc1ccc(OCCC(=O)NCC(N)C2CC2)c(Br)c1.Cl. The molecule has 1 fully saturated rings. The molecule has 6 heteroatoms. The van der Waals surface area contributed by atoms with Gasteiger partial charge >= 0.3 is 0 Å². The summed E-state index contributed by atoms with van der Waals surface area (Å²) in [5, 5.41) is 2.86. The molecular formula is C15H22BrClN2O2. The normalized spacial score (nSPS) is 15.0. The molecule has 0 aromatic heterocycles. The molecule has 4 nitrogen and oxygen atoms in total. The second-order valence-electron chi connectivity index (χ2n) is 5.34. The third-order valence-electron chi connectivity index (χ3n) is 3.44. The van der Waals surface area contributed by atoms with Crippen LogP contribution in [0.4, 0.5) is 0 Å². The summed E-state index contributed by atoms with van der Waals surface area (Å²) < 4.78 is 6.50. The molecule has 21 heavy (non-hydrogen) atoms. The fourth-order valence-corrected chi connectivity index (χ4v) is 2.60. The number of halogens is 2. The molecule has 0 heterocycles. The number of benzene rings is 1. The number of amides is 1. The molecule has 118 valence electrons. The van der Waals surface area contributed by atoms with Crippen molar-refractivity contribution in [1.29, 1.82) is 0 Å². The summed E-state index contributed by atoms with van der Waals surface area (Å²) in [6.45, 7) is 2.95. The Hall–Kier alpha value is -0.780. The van der Waals surface area contributed by atoms with Crippen LogP contribution in [0.5, 0.6) is 5.75 Å². The Balaban J connectivity index is 0.00000220. The van der Waals surface area contributed by atoms with Crippen molar-refractivity contribution in [1.82, 2.24) is 5.32 Å². The zero-order valence-electron chi connectivity index (χ0n) is 12.1. The van der Waals surface area contributed by atoms with E-state index >= 15 is 0 Å². The first kappa shape index (κ1) is 18.3. The van der Waals surface area contributed by atoms with Crippen LogP contribution in [0.1, 0.15) is 24.8 Å². The summed E-state index contributed by atoms with van der Waals surface area (Å²) >= 11 is 3.44. The lowest BCUT2D eigenvalue weighted by molar-refractivity contribution is -0.121. The van der Waals surface area contributed by atoms with Gasteiger partial charge in [0.15, 0.2) is 0 Å². The monoisotopic (exact) mass is 376 g/mol. The maximum atomic E-state index is 11.7. The van der Waals surface area contributed by atoms with Crippen molar-refractivity contribution in [3.8, 4) is 5.75 Å². The maximum Gasteiger partial charge on any atom is 0.223 e. The summed E-state index contributed by atoms with van der Waals surface area (Å²) in [6, 6.07) is 5.98. The highest BCUT2D eigenvalue weighted by Crippen LogP contribution is 2.31. The molecule has 1 aliphatic carbocycles.